The number of nitrogens with one attached hydrogen (secondary N) is 1. The molecule has 0 unspecified atom stereocenters. The van der Waals surface area contributed by atoms with Gasteiger partial charge in [0.2, 0.25) is 0 Å². The molecule has 0 heterocycles. The SMILES string of the molecule is COC(=O)c1ccc(S(=O)(=O)Nc2ccccc2OC(F)F)cc1. The Morgan fingerprint density at radius 2 is 1.71 bits per heavy atom. The van der Waals surface area contributed by atoms with Gasteiger partial charge in [0.15, 0.2) is 0 Å². The molecule has 0 aromatic heterocycles. The average molecular weight is 357 g/mol. The monoisotopic (exact) mass is 357 g/mol. The maximum Gasteiger partial charge on any atom is 0.387 e. The predicted molar refractivity (Wildman–Crippen MR) is 81.7 cm³/mol. The van der Waals surface area contributed by atoms with E-state index in [9.17, 15) is 22.0 Å². The van der Waals surface area contributed by atoms with Gasteiger partial charge in [-0.15, -0.1) is 0 Å². The van der Waals surface area contributed by atoms with Crippen LogP contribution in [0.1, 0.15) is 10.4 Å². The molecular weight excluding hydrogens is 344 g/mol. The molecule has 0 aliphatic carbocycles. The lowest BCUT2D eigenvalue weighted by Crippen LogP contribution is -2.15. The number of ether oxygens (including phenoxy) is 2. The first-order valence-corrected chi connectivity index (χ1v) is 8.07. The number of para-hydroxylation sites is 2. The number of anilines is 1. The van der Waals surface area contributed by atoms with Crippen LogP contribution in [0, 0.1) is 0 Å². The number of benzene rings is 2. The topological polar surface area (TPSA) is 81.7 Å². The summed E-state index contributed by atoms with van der Waals surface area (Å²) in [5.41, 5.74) is 0.0488. The largest absolute Gasteiger partial charge is 0.465 e. The fourth-order valence-electron chi connectivity index (χ4n) is 1.84. The van der Waals surface area contributed by atoms with E-state index in [1.807, 2.05) is 0 Å². The van der Waals surface area contributed by atoms with E-state index in [1.54, 1.807) is 0 Å². The molecule has 0 spiro atoms. The fourth-order valence-corrected chi connectivity index (χ4v) is 2.91. The van der Waals surface area contributed by atoms with Crippen molar-refractivity contribution in [1.29, 1.82) is 0 Å². The second kappa shape index (κ2) is 7.26. The molecule has 2 rings (SSSR count). The van der Waals surface area contributed by atoms with Gasteiger partial charge in [0, 0.05) is 0 Å². The van der Waals surface area contributed by atoms with Gasteiger partial charge in [0.1, 0.15) is 5.75 Å². The molecule has 0 fully saturated rings. The van der Waals surface area contributed by atoms with E-state index >= 15 is 0 Å². The van der Waals surface area contributed by atoms with E-state index in [0.29, 0.717) is 0 Å². The zero-order valence-electron chi connectivity index (χ0n) is 12.4. The average Bonchev–Trinajstić information content (AvgIpc) is 2.55. The van der Waals surface area contributed by atoms with Crippen molar-refractivity contribution in [3.05, 3.63) is 54.1 Å². The lowest BCUT2D eigenvalue weighted by molar-refractivity contribution is -0.0493. The van der Waals surface area contributed by atoms with Crippen molar-refractivity contribution in [2.45, 2.75) is 11.5 Å². The van der Waals surface area contributed by atoms with E-state index in [2.05, 4.69) is 14.2 Å². The minimum absolute atomic E-state index is 0.130. The third-order valence-corrected chi connectivity index (χ3v) is 4.31. The summed E-state index contributed by atoms with van der Waals surface area (Å²) in [7, 11) is -2.84. The van der Waals surface area contributed by atoms with Crippen LogP contribution in [0.2, 0.25) is 0 Å². The zero-order valence-corrected chi connectivity index (χ0v) is 13.2. The highest BCUT2D eigenvalue weighted by Crippen LogP contribution is 2.28. The molecule has 0 radical (unpaired) electrons. The zero-order chi connectivity index (χ0) is 17.7. The summed E-state index contributed by atoms with van der Waals surface area (Å²) in [5, 5.41) is 0. The Morgan fingerprint density at radius 3 is 2.29 bits per heavy atom. The second-order valence-corrected chi connectivity index (χ2v) is 6.18. The molecule has 0 saturated heterocycles. The Bertz CT molecular complexity index is 822. The molecule has 24 heavy (non-hydrogen) atoms. The maximum absolute atomic E-state index is 12.4. The molecule has 0 saturated carbocycles. The normalized spacial score (nSPS) is 11.2. The highest BCUT2D eigenvalue weighted by atomic mass is 32.2. The Hall–Kier alpha value is -2.68. The number of alkyl halides is 2. The quantitative estimate of drug-likeness (QED) is 0.804. The number of halogens is 2. The number of carbonyl (C=O) groups is 1. The number of hydrogen-bond donors (Lipinski definition) is 1. The van der Waals surface area contributed by atoms with E-state index < -0.39 is 22.6 Å². The first-order valence-electron chi connectivity index (χ1n) is 6.58. The number of esters is 1. The van der Waals surface area contributed by atoms with Crippen LogP contribution in [0.25, 0.3) is 0 Å². The van der Waals surface area contributed by atoms with Crippen molar-refractivity contribution in [1.82, 2.24) is 0 Å². The van der Waals surface area contributed by atoms with Crippen LogP contribution in [-0.4, -0.2) is 28.1 Å². The van der Waals surface area contributed by atoms with Gasteiger partial charge in [0.05, 0.1) is 23.3 Å². The summed E-state index contributed by atoms with van der Waals surface area (Å²) < 4.78 is 60.3. The molecule has 0 atom stereocenters. The molecule has 2 aromatic rings. The first-order chi connectivity index (χ1) is 11.3. The molecule has 6 nitrogen and oxygen atoms in total. The Labute approximate surface area is 137 Å². The molecule has 0 aliphatic heterocycles. The number of rotatable bonds is 6. The third-order valence-electron chi connectivity index (χ3n) is 2.93. The maximum atomic E-state index is 12.4. The van der Waals surface area contributed by atoms with Crippen molar-refractivity contribution in [2.24, 2.45) is 0 Å². The molecule has 0 amide bonds. The van der Waals surface area contributed by atoms with Gasteiger partial charge in [0.25, 0.3) is 10.0 Å². The highest BCUT2D eigenvalue weighted by molar-refractivity contribution is 7.92. The van der Waals surface area contributed by atoms with Crippen molar-refractivity contribution in [2.75, 3.05) is 11.8 Å². The molecule has 128 valence electrons. The van der Waals surface area contributed by atoms with Crippen LogP contribution >= 0.6 is 0 Å². The number of methoxy groups -OCH3 is 1. The lowest BCUT2D eigenvalue weighted by atomic mass is 10.2. The molecule has 0 bridgehead atoms. The molecule has 9 heteroatoms. The summed E-state index contributed by atoms with van der Waals surface area (Å²) in [6.45, 7) is -3.09. The standard InChI is InChI=1S/C15H13F2NO5S/c1-22-14(19)10-6-8-11(9-7-10)24(20,21)18-12-4-2-3-5-13(12)23-15(16)17/h2-9,15,18H,1H3. The second-order valence-electron chi connectivity index (χ2n) is 4.50. The van der Waals surface area contributed by atoms with Gasteiger partial charge in [-0.2, -0.15) is 8.78 Å². The third kappa shape index (κ3) is 4.19. The van der Waals surface area contributed by atoms with Gasteiger partial charge in [-0.05, 0) is 36.4 Å². The molecular formula is C15H13F2NO5S. The van der Waals surface area contributed by atoms with Gasteiger partial charge in [-0.3, -0.25) is 4.72 Å². The van der Waals surface area contributed by atoms with Crippen molar-refractivity contribution < 1.29 is 31.5 Å². The number of carbonyl (C=O) groups excluding carboxylic acids is 1. The van der Waals surface area contributed by atoms with E-state index in [-0.39, 0.29) is 21.9 Å². The van der Waals surface area contributed by atoms with Crippen LogP contribution in [0.4, 0.5) is 14.5 Å². The molecule has 1 N–H and O–H groups in total. The summed E-state index contributed by atoms with van der Waals surface area (Å²) >= 11 is 0. The van der Waals surface area contributed by atoms with Gasteiger partial charge >= 0.3 is 12.6 Å². The molecule has 0 aliphatic rings. The predicted octanol–water partition coefficient (Wildman–Crippen LogP) is 2.88. The van der Waals surface area contributed by atoms with E-state index in [1.165, 1.54) is 55.6 Å². The highest BCUT2D eigenvalue weighted by Gasteiger charge is 2.18. The Kier molecular flexibility index (Phi) is 5.35. The van der Waals surface area contributed by atoms with Gasteiger partial charge in [-0.25, -0.2) is 13.2 Å². The van der Waals surface area contributed by atoms with Crippen molar-refractivity contribution in [3.8, 4) is 5.75 Å². The summed E-state index contributed by atoms with van der Waals surface area (Å²) in [6.07, 6.45) is 0. The first kappa shape index (κ1) is 17.7. The number of sulfonamides is 1. The smallest absolute Gasteiger partial charge is 0.387 e. The van der Waals surface area contributed by atoms with E-state index in [4.69, 9.17) is 0 Å². The summed E-state index contributed by atoms with van der Waals surface area (Å²) in [5.74, 6) is -0.912. The van der Waals surface area contributed by atoms with Crippen molar-refractivity contribution in [3.63, 3.8) is 0 Å². The Morgan fingerprint density at radius 1 is 1.08 bits per heavy atom. The minimum Gasteiger partial charge on any atom is -0.465 e. The van der Waals surface area contributed by atoms with Gasteiger partial charge in [-0.1, -0.05) is 12.1 Å². The van der Waals surface area contributed by atoms with E-state index in [0.717, 1.165) is 0 Å². The van der Waals surface area contributed by atoms with Crippen LogP contribution in [0.5, 0.6) is 5.75 Å². The van der Waals surface area contributed by atoms with Crippen LogP contribution < -0.4 is 9.46 Å². The molecule has 2 aromatic carbocycles. The van der Waals surface area contributed by atoms with Crippen LogP contribution in [-0.2, 0) is 14.8 Å². The lowest BCUT2D eigenvalue weighted by Gasteiger charge is -2.13. The Balaban J connectivity index is 2.27. The minimum atomic E-state index is -4.05. The van der Waals surface area contributed by atoms with Crippen LogP contribution in [0.15, 0.2) is 53.4 Å². The summed E-state index contributed by atoms with van der Waals surface area (Å²) in [6, 6.07) is 10.4. The summed E-state index contributed by atoms with van der Waals surface area (Å²) in [4.78, 5) is 11.2. The number of hydrogen-bond acceptors (Lipinski definition) is 5. The van der Waals surface area contributed by atoms with Crippen molar-refractivity contribution >= 4 is 21.7 Å². The van der Waals surface area contributed by atoms with Crippen LogP contribution in [0.3, 0.4) is 0 Å². The fraction of sp³-hybridized carbons (Fsp3) is 0.133. The van der Waals surface area contributed by atoms with Gasteiger partial charge < -0.3 is 9.47 Å².